The molecule has 5 nitrogen and oxygen atoms in total. The lowest BCUT2D eigenvalue weighted by molar-refractivity contribution is -0.00517. The number of carbonyl (C=O) groups is 1. The number of para-hydroxylation sites is 2. The Kier molecular flexibility index (Phi) is 5.78. The number of carbonyl (C=O) groups excluding carboxylic acids is 1. The summed E-state index contributed by atoms with van der Waals surface area (Å²) in [5.41, 5.74) is 4.13. The molecule has 1 aliphatic heterocycles. The summed E-state index contributed by atoms with van der Waals surface area (Å²) in [6, 6.07) is 15.9. The molecular weight excluding hydrogens is 326 g/mol. The Hall–Kier alpha value is -2.53. The lowest BCUT2D eigenvalue weighted by Crippen LogP contribution is -2.45. The molecule has 2 N–H and O–H groups in total. The number of rotatable bonds is 4. The summed E-state index contributed by atoms with van der Waals surface area (Å²) in [6.45, 7) is 8.33. The van der Waals surface area contributed by atoms with Gasteiger partial charge >= 0.3 is 6.03 Å². The van der Waals surface area contributed by atoms with E-state index in [0.29, 0.717) is 6.54 Å². The summed E-state index contributed by atoms with van der Waals surface area (Å²) in [6.07, 6.45) is 0.337. The van der Waals surface area contributed by atoms with Crippen molar-refractivity contribution in [3.63, 3.8) is 0 Å². The van der Waals surface area contributed by atoms with Gasteiger partial charge in [-0.05, 0) is 38.5 Å². The van der Waals surface area contributed by atoms with Gasteiger partial charge in [-0.3, -0.25) is 0 Å². The quantitative estimate of drug-likeness (QED) is 0.876. The number of nitrogens with one attached hydrogen (secondary N) is 2. The van der Waals surface area contributed by atoms with Crippen molar-refractivity contribution in [2.45, 2.75) is 39.5 Å². The maximum absolute atomic E-state index is 12.4. The van der Waals surface area contributed by atoms with Gasteiger partial charge in [0.15, 0.2) is 0 Å². The summed E-state index contributed by atoms with van der Waals surface area (Å²) in [4.78, 5) is 14.6. The van der Waals surface area contributed by atoms with Crippen molar-refractivity contribution in [1.82, 2.24) is 5.32 Å². The summed E-state index contributed by atoms with van der Waals surface area (Å²) >= 11 is 0. The first-order chi connectivity index (χ1) is 12.5. The van der Waals surface area contributed by atoms with Crippen molar-refractivity contribution >= 4 is 17.4 Å². The zero-order chi connectivity index (χ0) is 18.5. The molecule has 2 aromatic rings. The average molecular weight is 353 g/mol. The van der Waals surface area contributed by atoms with Crippen molar-refractivity contribution in [2.75, 3.05) is 23.3 Å². The third-order valence-electron chi connectivity index (χ3n) is 4.49. The first-order valence-corrected chi connectivity index (χ1v) is 9.11. The van der Waals surface area contributed by atoms with Crippen molar-refractivity contribution in [1.29, 1.82) is 0 Å². The highest BCUT2D eigenvalue weighted by Gasteiger charge is 2.24. The fourth-order valence-electron chi connectivity index (χ4n) is 3.28. The molecule has 3 rings (SSSR count). The maximum Gasteiger partial charge on any atom is 0.319 e. The first kappa shape index (κ1) is 18.3. The number of ether oxygens (including phenoxy) is 1. The van der Waals surface area contributed by atoms with E-state index in [1.807, 2.05) is 55.5 Å². The molecule has 0 bridgehead atoms. The molecular formula is C21H27N3O2. The molecule has 2 aromatic carbocycles. The molecule has 1 saturated heterocycles. The smallest absolute Gasteiger partial charge is 0.319 e. The Morgan fingerprint density at radius 1 is 1.08 bits per heavy atom. The summed E-state index contributed by atoms with van der Waals surface area (Å²) in [7, 11) is 0. The molecule has 1 aliphatic rings. The van der Waals surface area contributed by atoms with Gasteiger partial charge in [0.2, 0.25) is 0 Å². The molecule has 0 aliphatic carbocycles. The van der Waals surface area contributed by atoms with Crippen LogP contribution in [0.5, 0.6) is 0 Å². The van der Waals surface area contributed by atoms with Crippen LogP contribution in [0, 0.1) is 6.92 Å². The van der Waals surface area contributed by atoms with E-state index < -0.39 is 0 Å². The predicted molar refractivity (Wildman–Crippen MR) is 106 cm³/mol. The van der Waals surface area contributed by atoms with E-state index in [9.17, 15) is 4.79 Å². The van der Waals surface area contributed by atoms with Gasteiger partial charge < -0.3 is 20.3 Å². The van der Waals surface area contributed by atoms with Crippen molar-refractivity contribution < 1.29 is 9.53 Å². The van der Waals surface area contributed by atoms with Crippen LogP contribution < -0.4 is 15.5 Å². The molecule has 5 heteroatoms. The fourth-order valence-corrected chi connectivity index (χ4v) is 3.28. The molecule has 2 atom stereocenters. The third kappa shape index (κ3) is 4.76. The zero-order valence-electron chi connectivity index (χ0n) is 15.7. The van der Waals surface area contributed by atoms with Crippen molar-refractivity contribution in [3.8, 4) is 0 Å². The molecule has 138 valence electrons. The van der Waals surface area contributed by atoms with Crippen LogP contribution in [0.15, 0.2) is 48.5 Å². The number of anilines is 2. The van der Waals surface area contributed by atoms with Crippen LogP contribution in [-0.2, 0) is 11.3 Å². The van der Waals surface area contributed by atoms with Gasteiger partial charge in [0.1, 0.15) is 0 Å². The van der Waals surface area contributed by atoms with Gasteiger partial charge in [-0.1, -0.05) is 42.0 Å². The number of morpholine rings is 1. The Bertz CT molecular complexity index is 735. The zero-order valence-corrected chi connectivity index (χ0v) is 15.7. The van der Waals surface area contributed by atoms with Crippen LogP contribution in [0.1, 0.15) is 25.0 Å². The van der Waals surface area contributed by atoms with Gasteiger partial charge in [-0.15, -0.1) is 0 Å². The highest BCUT2D eigenvalue weighted by atomic mass is 16.5. The number of amides is 2. The van der Waals surface area contributed by atoms with Crippen LogP contribution in [0.4, 0.5) is 16.2 Å². The minimum Gasteiger partial charge on any atom is -0.372 e. The fraction of sp³-hybridized carbons (Fsp3) is 0.381. The topological polar surface area (TPSA) is 53.6 Å². The Labute approximate surface area is 155 Å². The van der Waals surface area contributed by atoms with E-state index in [1.165, 1.54) is 5.56 Å². The molecule has 0 radical (unpaired) electrons. The van der Waals surface area contributed by atoms with Crippen LogP contribution in [0.3, 0.4) is 0 Å². The maximum atomic E-state index is 12.4. The molecule has 2 amide bonds. The summed E-state index contributed by atoms with van der Waals surface area (Å²) < 4.78 is 5.81. The second kappa shape index (κ2) is 8.23. The van der Waals surface area contributed by atoms with Crippen LogP contribution >= 0.6 is 0 Å². The van der Waals surface area contributed by atoms with E-state index in [2.05, 4.69) is 29.4 Å². The number of benzene rings is 2. The third-order valence-corrected chi connectivity index (χ3v) is 4.49. The van der Waals surface area contributed by atoms with E-state index in [-0.39, 0.29) is 18.2 Å². The van der Waals surface area contributed by atoms with Crippen LogP contribution in [-0.4, -0.2) is 31.3 Å². The number of urea groups is 1. The number of hydrogen-bond donors (Lipinski definition) is 2. The minimum absolute atomic E-state index is 0.169. The molecule has 1 fully saturated rings. The van der Waals surface area contributed by atoms with E-state index in [0.717, 1.165) is 30.0 Å². The van der Waals surface area contributed by atoms with Gasteiger partial charge in [0, 0.05) is 19.6 Å². The summed E-state index contributed by atoms with van der Waals surface area (Å²) in [5, 5.41) is 5.91. The SMILES string of the molecule is Cc1ccc(CNC(=O)Nc2ccccc2N2CC(C)OC(C)C2)cc1. The van der Waals surface area contributed by atoms with Crippen molar-refractivity contribution in [3.05, 3.63) is 59.7 Å². The first-order valence-electron chi connectivity index (χ1n) is 9.11. The van der Waals surface area contributed by atoms with E-state index in [4.69, 9.17) is 4.74 Å². The molecule has 0 spiro atoms. The van der Waals surface area contributed by atoms with Gasteiger partial charge in [-0.25, -0.2) is 4.79 Å². The molecule has 2 unspecified atom stereocenters. The van der Waals surface area contributed by atoms with Crippen LogP contribution in [0.2, 0.25) is 0 Å². The molecule has 1 heterocycles. The Morgan fingerprint density at radius 3 is 2.42 bits per heavy atom. The van der Waals surface area contributed by atoms with Gasteiger partial charge in [0.25, 0.3) is 0 Å². The monoisotopic (exact) mass is 353 g/mol. The van der Waals surface area contributed by atoms with Gasteiger partial charge in [0.05, 0.1) is 23.6 Å². The molecule has 26 heavy (non-hydrogen) atoms. The lowest BCUT2D eigenvalue weighted by atomic mass is 10.1. The standard InChI is InChI=1S/C21H27N3O2/c1-15-8-10-18(11-9-15)12-22-21(25)23-19-6-4-5-7-20(19)24-13-16(2)26-17(3)14-24/h4-11,16-17H,12-14H2,1-3H3,(H2,22,23,25). The van der Waals surface area contributed by atoms with Crippen LogP contribution in [0.25, 0.3) is 0 Å². The van der Waals surface area contributed by atoms with Crippen molar-refractivity contribution in [2.24, 2.45) is 0 Å². The number of aryl methyl sites for hydroxylation is 1. The largest absolute Gasteiger partial charge is 0.372 e. The predicted octanol–water partition coefficient (Wildman–Crippen LogP) is 3.93. The summed E-state index contributed by atoms with van der Waals surface area (Å²) in [5.74, 6) is 0. The molecule has 0 aromatic heterocycles. The van der Waals surface area contributed by atoms with E-state index >= 15 is 0 Å². The highest BCUT2D eigenvalue weighted by molar-refractivity contribution is 5.93. The second-order valence-electron chi connectivity index (χ2n) is 6.97. The number of hydrogen-bond acceptors (Lipinski definition) is 3. The second-order valence-corrected chi connectivity index (χ2v) is 6.97. The lowest BCUT2D eigenvalue weighted by Gasteiger charge is -2.37. The highest BCUT2D eigenvalue weighted by Crippen LogP contribution is 2.28. The normalized spacial score (nSPS) is 19.9. The van der Waals surface area contributed by atoms with E-state index in [1.54, 1.807) is 0 Å². The molecule has 0 saturated carbocycles. The Morgan fingerprint density at radius 2 is 1.73 bits per heavy atom. The average Bonchev–Trinajstić information content (AvgIpc) is 2.61. The number of nitrogens with zero attached hydrogens (tertiary/aromatic N) is 1. The Balaban J connectivity index is 1.64. The minimum atomic E-state index is -0.201. The van der Waals surface area contributed by atoms with Gasteiger partial charge in [-0.2, -0.15) is 0 Å².